The standard InChI is InChI=1S/C24H22ClF4N3O2/c1-14-20(22(31-34-14)21-18(25)6-3-7-19(21)26)23(33)30-17-8-10-32(11-9-17)13-15-4-2-5-16(12-15)24(27,28)29/h2-7,12,17H,8-11,13H2,1H3,(H,30,33). The van der Waals surface area contributed by atoms with Crippen molar-refractivity contribution in [1.82, 2.24) is 15.4 Å². The summed E-state index contributed by atoms with van der Waals surface area (Å²) < 4.78 is 58.4. The van der Waals surface area contributed by atoms with Crippen molar-refractivity contribution in [3.8, 4) is 11.3 Å². The Labute approximate surface area is 198 Å². The van der Waals surface area contributed by atoms with E-state index in [0.717, 1.165) is 12.1 Å². The number of aryl methyl sites for hydroxylation is 1. The van der Waals surface area contributed by atoms with E-state index in [1.165, 1.54) is 24.3 Å². The first kappa shape index (κ1) is 24.2. The van der Waals surface area contributed by atoms with Crippen molar-refractivity contribution in [2.45, 2.75) is 38.5 Å². The summed E-state index contributed by atoms with van der Waals surface area (Å²) in [5.74, 6) is -0.809. The predicted molar refractivity (Wildman–Crippen MR) is 119 cm³/mol. The molecule has 3 aromatic rings. The van der Waals surface area contributed by atoms with Gasteiger partial charge in [-0.25, -0.2) is 4.39 Å². The minimum absolute atomic E-state index is 0.00192. The number of halogens is 5. The van der Waals surface area contributed by atoms with E-state index in [9.17, 15) is 22.4 Å². The topological polar surface area (TPSA) is 58.4 Å². The van der Waals surface area contributed by atoms with Gasteiger partial charge >= 0.3 is 6.18 Å². The average Bonchev–Trinajstić information content (AvgIpc) is 3.16. The van der Waals surface area contributed by atoms with Gasteiger partial charge in [-0.05, 0) is 43.5 Å². The molecule has 1 aromatic heterocycles. The highest BCUT2D eigenvalue weighted by atomic mass is 35.5. The van der Waals surface area contributed by atoms with Gasteiger partial charge in [0.05, 0.1) is 16.1 Å². The lowest BCUT2D eigenvalue weighted by atomic mass is 10.0. The van der Waals surface area contributed by atoms with Crippen LogP contribution in [0.3, 0.4) is 0 Å². The van der Waals surface area contributed by atoms with Crippen LogP contribution in [0.2, 0.25) is 5.02 Å². The second-order valence-electron chi connectivity index (χ2n) is 8.28. The summed E-state index contributed by atoms with van der Waals surface area (Å²) in [7, 11) is 0. The van der Waals surface area contributed by atoms with Crippen LogP contribution in [0.15, 0.2) is 47.0 Å². The van der Waals surface area contributed by atoms with E-state index in [1.807, 2.05) is 4.90 Å². The molecular weight excluding hydrogens is 474 g/mol. The first-order valence-electron chi connectivity index (χ1n) is 10.7. The Balaban J connectivity index is 1.39. The summed E-state index contributed by atoms with van der Waals surface area (Å²) in [6.45, 7) is 3.18. The molecule has 4 rings (SSSR count). The molecule has 0 saturated carbocycles. The minimum atomic E-state index is -4.38. The van der Waals surface area contributed by atoms with E-state index in [-0.39, 0.29) is 33.6 Å². The van der Waals surface area contributed by atoms with Crippen LogP contribution in [-0.4, -0.2) is 35.1 Å². The van der Waals surface area contributed by atoms with Crippen LogP contribution in [0.1, 0.15) is 40.1 Å². The molecule has 180 valence electrons. The Morgan fingerprint density at radius 3 is 2.59 bits per heavy atom. The molecule has 0 radical (unpaired) electrons. The first-order valence-corrected chi connectivity index (χ1v) is 11.1. The smallest absolute Gasteiger partial charge is 0.360 e. The van der Waals surface area contributed by atoms with Crippen molar-refractivity contribution in [2.75, 3.05) is 13.1 Å². The molecule has 1 N–H and O–H groups in total. The third kappa shape index (κ3) is 5.26. The van der Waals surface area contributed by atoms with Crippen LogP contribution < -0.4 is 5.32 Å². The molecule has 34 heavy (non-hydrogen) atoms. The second kappa shape index (κ2) is 9.76. The SMILES string of the molecule is Cc1onc(-c2c(F)cccc2Cl)c1C(=O)NC1CCN(Cc2cccc(C(F)(F)F)c2)CC1. The van der Waals surface area contributed by atoms with Gasteiger partial charge in [-0.3, -0.25) is 9.69 Å². The van der Waals surface area contributed by atoms with E-state index in [4.69, 9.17) is 16.1 Å². The lowest BCUT2D eigenvalue weighted by Crippen LogP contribution is -2.44. The maximum Gasteiger partial charge on any atom is 0.416 e. The Morgan fingerprint density at radius 2 is 1.91 bits per heavy atom. The van der Waals surface area contributed by atoms with Gasteiger partial charge in [-0.15, -0.1) is 0 Å². The van der Waals surface area contributed by atoms with E-state index in [2.05, 4.69) is 10.5 Å². The van der Waals surface area contributed by atoms with Gasteiger partial charge in [0.2, 0.25) is 0 Å². The number of benzene rings is 2. The molecule has 2 aromatic carbocycles. The van der Waals surface area contributed by atoms with Crippen LogP contribution in [0.4, 0.5) is 17.6 Å². The fraction of sp³-hybridized carbons (Fsp3) is 0.333. The van der Waals surface area contributed by atoms with Crippen LogP contribution >= 0.6 is 11.6 Å². The van der Waals surface area contributed by atoms with Crippen molar-refractivity contribution in [2.24, 2.45) is 0 Å². The highest BCUT2D eigenvalue weighted by Crippen LogP contribution is 2.34. The van der Waals surface area contributed by atoms with Crippen LogP contribution in [0.5, 0.6) is 0 Å². The molecule has 0 unspecified atom stereocenters. The van der Waals surface area contributed by atoms with Crippen LogP contribution in [0.25, 0.3) is 11.3 Å². The Morgan fingerprint density at radius 1 is 1.21 bits per heavy atom. The van der Waals surface area contributed by atoms with Crippen LogP contribution in [-0.2, 0) is 12.7 Å². The van der Waals surface area contributed by atoms with Crippen molar-refractivity contribution in [1.29, 1.82) is 0 Å². The van der Waals surface area contributed by atoms with E-state index in [0.29, 0.717) is 38.0 Å². The van der Waals surface area contributed by atoms with E-state index >= 15 is 0 Å². The number of nitrogens with one attached hydrogen (secondary N) is 1. The van der Waals surface area contributed by atoms with Gasteiger partial charge in [-0.1, -0.05) is 41.0 Å². The third-order valence-electron chi connectivity index (χ3n) is 5.87. The third-order valence-corrected chi connectivity index (χ3v) is 6.19. The molecule has 1 aliphatic heterocycles. The Bertz CT molecular complexity index is 1170. The number of amides is 1. The molecule has 1 aliphatic rings. The van der Waals surface area contributed by atoms with Crippen LogP contribution in [0, 0.1) is 12.7 Å². The summed E-state index contributed by atoms with van der Waals surface area (Å²) >= 11 is 6.14. The van der Waals surface area contributed by atoms with Gasteiger partial charge in [0.1, 0.15) is 22.8 Å². The zero-order chi connectivity index (χ0) is 24.5. The quantitative estimate of drug-likeness (QED) is 0.451. The number of carbonyl (C=O) groups excluding carboxylic acids is 1. The fourth-order valence-corrected chi connectivity index (χ4v) is 4.38. The van der Waals surface area contributed by atoms with Crippen molar-refractivity contribution in [3.05, 3.63) is 75.8 Å². The molecule has 2 heterocycles. The number of alkyl halides is 3. The number of nitrogens with zero attached hydrogens (tertiary/aromatic N) is 2. The zero-order valence-corrected chi connectivity index (χ0v) is 19.0. The molecule has 0 aliphatic carbocycles. The summed E-state index contributed by atoms with van der Waals surface area (Å²) in [5.41, 5.74) is 0.0892. The molecule has 0 spiro atoms. The average molecular weight is 496 g/mol. The van der Waals surface area contributed by atoms with Gasteiger partial charge in [0.25, 0.3) is 5.91 Å². The number of aromatic nitrogens is 1. The maximum atomic E-state index is 14.4. The largest absolute Gasteiger partial charge is 0.416 e. The molecule has 1 saturated heterocycles. The molecule has 1 amide bonds. The number of hydrogen-bond acceptors (Lipinski definition) is 4. The highest BCUT2D eigenvalue weighted by Gasteiger charge is 2.31. The molecule has 5 nitrogen and oxygen atoms in total. The van der Waals surface area contributed by atoms with E-state index < -0.39 is 23.5 Å². The zero-order valence-electron chi connectivity index (χ0n) is 18.3. The summed E-state index contributed by atoms with van der Waals surface area (Å²) in [6.07, 6.45) is -3.14. The molecule has 0 bridgehead atoms. The normalized spacial score (nSPS) is 15.5. The van der Waals surface area contributed by atoms with Crippen molar-refractivity contribution < 1.29 is 26.9 Å². The molecular formula is C24H22ClF4N3O2. The van der Waals surface area contributed by atoms with Crippen molar-refractivity contribution in [3.63, 3.8) is 0 Å². The predicted octanol–water partition coefficient (Wildman–Crippen LogP) is 5.86. The Hall–Kier alpha value is -2.91. The Kier molecular flexibility index (Phi) is 6.95. The van der Waals surface area contributed by atoms with Gasteiger partial charge < -0.3 is 9.84 Å². The van der Waals surface area contributed by atoms with Gasteiger partial charge in [0.15, 0.2) is 0 Å². The molecule has 1 fully saturated rings. The number of carbonyl (C=O) groups is 1. The fourth-order valence-electron chi connectivity index (χ4n) is 4.13. The lowest BCUT2D eigenvalue weighted by Gasteiger charge is -2.32. The van der Waals surface area contributed by atoms with Crippen molar-refractivity contribution >= 4 is 17.5 Å². The summed E-state index contributed by atoms with van der Waals surface area (Å²) in [4.78, 5) is 15.1. The number of likely N-dealkylation sites (tertiary alicyclic amines) is 1. The van der Waals surface area contributed by atoms with E-state index in [1.54, 1.807) is 13.0 Å². The number of hydrogen-bond donors (Lipinski definition) is 1. The molecule has 0 atom stereocenters. The number of piperidine rings is 1. The van der Waals surface area contributed by atoms with Gasteiger partial charge in [0, 0.05) is 25.7 Å². The molecule has 10 heteroatoms. The monoisotopic (exact) mass is 495 g/mol. The highest BCUT2D eigenvalue weighted by molar-refractivity contribution is 6.33. The summed E-state index contributed by atoms with van der Waals surface area (Å²) in [5, 5.41) is 6.92. The summed E-state index contributed by atoms with van der Waals surface area (Å²) in [6, 6.07) is 9.35. The van der Waals surface area contributed by atoms with Gasteiger partial charge in [-0.2, -0.15) is 13.2 Å². The maximum absolute atomic E-state index is 14.4. The second-order valence-corrected chi connectivity index (χ2v) is 8.69. The minimum Gasteiger partial charge on any atom is -0.360 e. The first-order chi connectivity index (χ1) is 16.1. The number of rotatable bonds is 5. The lowest BCUT2D eigenvalue weighted by molar-refractivity contribution is -0.137.